The number of carbonyl (C=O) groups excluding carboxylic acids is 1. The number of hydrogen-bond donors (Lipinski definition) is 1. The van der Waals surface area contributed by atoms with E-state index in [1.54, 1.807) is 6.20 Å². The summed E-state index contributed by atoms with van der Waals surface area (Å²) in [5.41, 5.74) is 1.01. The van der Waals surface area contributed by atoms with Crippen molar-refractivity contribution in [2.24, 2.45) is 5.92 Å². The van der Waals surface area contributed by atoms with Gasteiger partial charge in [0.05, 0.1) is 13.2 Å². The first kappa shape index (κ1) is 12.1. The third-order valence-electron chi connectivity index (χ3n) is 2.90. The van der Waals surface area contributed by atoms with Crippen LogP contribution in [0.3, 0.4) is 0 Å². The van der Waals surface area contributed by atoms with Gasteiger partial charge < -0.3 is 14.6 Å². The van der Waals surface area contributed by atoms with Crippen LogP contribution in [0.5, 0.6) is 0 Å². The lowest BCUT2D eigenvalue weighted by atomic mass is 10.1. The molecule has 1 amide bonds. The highest BCUT2D eigenvalue weighted by molar-refractivity contribution is 5.78. The minimum Gasteiger partial charge on any atom is -0.367 e. The molecule has 17 heavy (non-hydrogen) atoms. The van der Waals surface area contributed by atoms with E-state index in [9.17, 15) is 4.79 Å². The van der Waals surface area contributed by atoms with E-state index in [2.05, 4.69) is 9.97 Å². The van der Waals surface area contributed by atoms with Crippen LogP contribution in [0.2, 0.25) is 0 Å². The molecule has 1 aromatic rings. The van der Waals surface area contributed by atoms with E-state index >= 15 is 0 Å². The number of aromatic nitrogens is 2. The highest BCUT2D eigenvalue weighted by atomic mass is 16.5. The number of rotatable bonds is 2. The molecule has 94 valence electrons. The summed E-state index contributed by atoms with van der Waals surface area (Å²) >= 11 is 0. The number of imidazole rings is 1. The van der Waals surface area contributed by atoms with Crippen LogP contribution in [-0.2, 0) is 9.53 Å². The molecule has 2 heterocycles. The van der Waals surface area contributed by atoms with Crippen LogP contribution in [0, 0.1) is 12.8 Å². The Morgan fingerprint density at radius 3 is 3.00 bits per heavy atom. The van der Waals surface area contributed by atoms with Crippen LogP contribution in [0.15, 0.2) is 6.20 Å². The van der Waals surface area contributed by atoms with Gasteiger partial charge in [-0.15, -0.1) is 0 Å². The predicted octanol–water partition coefficient (Wildman–Crippen LogP) is 1.27. The van der Waals surface area contributed by atoms with Gasteiger partial charge in [0.2, 0.25) is 5.91 Å². The zero-order chi connectivity index (χ0) is 12.4. The van der Waals surface area contributed by atoms with Gasteiger partial charge in [0.25, 0.3) is 0 Å². The number of nitrogens with one attached hydrogen (secondary N) is 1. The summed E-state index contributed by atoms with van der Waals surface area (Å²) < 4.78 is 5.65. The molecular weight excluding hydrogens is 218 g/mol. The maximum atomic E-state index is 11.9. The van der Waals surface area contributed by atoms with Gasteiger partial charge in [-0.3, -0.25) is 4.79 Å². The van der Waals surface area contributed by atoms with E-state index in [1.807, 2.05) is 25.7 Å². The number of carbonyl (C=O) groups is 1. The van der Waals surface area contributed by atoms with Crippen molar-refractivity contribution < 1.29 is 9.53 Å². The quantitative estimate of drug-likeness (QED) is 0.842. The molecule has 1 aliphatic rings. The normalized spacial score (nSPS) is 20.9. The van der Waals surface area contributed by atoms with Crippen molar-refractivity contribution in [3.63, 3.8) is 0 Å². The molecule has 5 nitrogen and oxygen atoms in total. The van der Waals surface area contributed by atoms with Crippen LogP contribution in [-0.4, -0.2) is 40.5 Å². The molecule has 2 rings (SSSR count). The number of morpholine rings is 1. The Labute approximate surface area is 101 Å². The molecule has 1 aliphatic heterocycles. The smallest absolute Gasteiger partial charge is 0.225 e. The monoisotopic (exact) mass is 237 g/mol. The van der Waals surface area contributed by atoms with E-state index in [-0.39, 0.29) is 17.9 Å². The molecule has 1 N–H and O–H groups in total. The first-order valence-electron chi connectivity index (χ1n) is 6.00. The molecule has 0 aliphatic carbocycles. The summed E-state index contributed by atoms with van der Waals surface area (Å²) in [6.07, 6.45) is 1.65. The summed E-state index contributed by atoms with van der Waals surface area (Å²) in [6.45, 7) is 7.63. The van der Waals surface area contributed by atoms with Gasteiger partial charge in [-0.2, -0.15) is 0 Å². The Kier molecular flexibility index (Phi) is 3.47. The molecule has 5 heteroatoms. The molecule has 0 radical (unpaired) electrons. The fourth-order valence-electron chi connectivity index (χ4n) is 1.98. The summed E-state index contributed by atoms with van der Waals surface area (Å²) in [5, 5.41) is 0. The molecule has 0 aromatic carbocycles. The van der Waals surface area contributed by atoms with E-state index in [0.717, 1.165) is 11.5 Å². The number of aryl methyl sites for hydroxylation is 1. The van der Waals surface area contributed by atoms with Crippen LogP contribution in [0.1, 0.15) is 31.5 Å². The lowest BCUT2D eigenvalue weighted by Gasteiger charge is -2.33. The molecule has 0 bridgehead atoms. The van der Waals surface area contributed by atoms with Crippen molar-refractivity contribution >= 4 is 5.91 Å². The van der Waals surface area contributed by atoms with Gasteiger partial charge >= 0.3 is 0 Å². The SMILES string of the molecule is Cc1cnc([C@@H]2CN(C(=O)C(C)C)CCO2)[nH]1. The Morgan fingerprint density at radius 1 is 1.65 bits per heavy atom. The van der Waals surface area contributed by atoms with Gasteiger partial charge in [-0.1, -0.05) is 13.8 Å². The fourth-order valence-corrected chi connectivity index (χ4v) is 1.98. The fraction of sp³-hybridized carbons (Fsp3) is 0.667. The number of hydrogen-bond acceptors (Lipinski definition) is 3. The summed E-state index contributed by atoms with van der Waals surface area (Å²) in [5.74, 6) is 1.03. The van der Waals surface area contributed by atoms with Gasteiger partial charge in [0.1, 0.15) is 11.9 Å². The lowest BCUT2D eigenvalue weighted by Crippen LogP contribution is -2.44. The second kappa shape index (κ2) is 4.87. The number of amides is 1. The predicted molar refractivity (Wildman–Crippen MR) is 63.4 cm³/mol. The number of nitrogens with zero attached hydrogens (tertiary/aromatic N) is 2. The van der Waals surface area contributed by atoms with Gasteiger partial charge in [0.15, 0.2) is 0 Å². The average molecular weight is 237 g/mol. The minimum atomic E-state index is -0.125. The number of H-pyrrole nitrogens is 1. The minimum absolute atomic E-state index is 0.0343. The average Bonchev–Trinajstić information content (AvgIpc) is 2.75. The van der Waals surface area contributed by atoms with E-state index in [1.165, 1.54) is 0 Å². The lowest BCUT2D eigenvalue weighted by molar-refractivity contribution is -0.142. The van der Waals surface area contributed by atoms with Crippen molar-refractivity contribution in [1.82, 2.24) is 14.9 Å². The highest BCUT2D eigenvalue weighted by Gasteiger charge is 2.27. The first-order chi connectivity index (χ1) is 8.08. The maximum Gasteiger partial charge on any atom is 0.225 e. The van der Waals surface area contributed by atoms with E-state index in [0.29, 0.717) is 19.7 Å². The third-order valence-corrected chi connectivity index (χ3v) is 2.90. The van der Waals surface area contributed by atoms with Crippen molar-refractivity contribution in [3.05, 3.63) is 17.7 Å². The Balaban J connectivity index is 2.04. The maximum absolute atomic E-state index is 11.9. The van der Waals surface area contributed by atoms with E-state index in [4.69, 9.17) is 4.74 Å². The summed E-state index contributed by atoms with van der Waals surface area (Å²) in [6, 6.07) is 0. The van der Waals surface area contributed by atoms with Crippen molar-refractivity contribution in [3.8, 4) is 0 Å². The Hall–Kier alpha value is -1.36. The van der Waals surface area contributed by atoms with Crippen LogP contribution in [0.25, 0.3) is 0 Å². The summed E-state index contributed by atoms with van der Waals surface area (Å²) in [7, 11) is 0. The Morgan fingerprint density at radius 2 is 2.41 bits per heavy atom. The zero-order valence-electron chi connectivity index (χ0n) is 10.6. The van der Waals surface area contributed by atoms with Crippen molar-refractivity contribution in [2.75, 3.05) is 19.7 Å². The van der Waals surface area contributed by atoms with Crippen molar-refractivity contribution in [2.45, 2.75) is 26.9 Å². The zero-order valence-corrected chi connectivity index (χ0v) is 10.6. The molecule has 1 saturated heterocycles. The largest absolute Gasteiger partial charge is 0.367 e. The van der Waals surface area contributed by atoms with Crippen LogP contribution >= 0.6 is 0 Å². The van der Waals surface area contributed by atoms with Crippen molar-refractivity contribution in [1.29, 1.82) is 0 Å². The number of aromatic amines is 1. The van der Waals surface area contributed by atoms with Gasteiger partial charge in [0, 0.05) is 24.4 Å². The topological polar surface area (TPSA) is 58.2 Å². The van der Waals surface area contributed by atoms with E-state index < -0.39 is 0 Å². The molecule has 1 aromatic heterocycles. The van der Waals surface area contributed by atoms with Crippen LogP contribution in [0.4, 0.5) is 0 Å². The molecule has 1 fully saturated rings. The first-order valence-corrected chi connectivity index (χ1v) is 6.00. The second-order valence-electron chi connectivity index (χ2n) is 4.75. The molecule has 0 unspecified atom stereocenters. The number of ether oxygens (including phenoxy) is 1. The molecular formula is C12H19N3O2. The highest BCUT2D eigenvalue weighted by Crippen LogP contribution is 2.20. The third kappa shape index (κ3) is 2.66. The molecule has 1 atom stereocenters. The van der Waals surface area contributed by atoms with Gasteiger partial charge in [-0.25, -0.2) is 4.98 Å². The standard InChI is InChI=1S/C12H19N3O2/c1-8(2)12(16)15-4-5-17-10(7-15)11-13-6-9(3)14-11/h6,8,10H,4-5,7H2,1-3H3,(H,13,14)/t10-/m0/s1. The Bertz CT molecular complexity index is 400. The van der Waals surface area contributed by atoms with Crippen LogP contribution < -0.4 is 0 Å². The molecule has 0 saturated carbocycles. The summed E-state index contributed by atoms with van der Waals surface area (Å²) in [4.78, 5) is 21.2. The van der Waals surface area contributed by atoms with Gasteiger partial charge in [-0.05, 0) is 6.92 Å². The second-order valence-corrected chi connectivity index (χ2v) is 4.75. The molecule has 0 spiro atoms.